The van der Waals surface area contributed by atoms with Gasteiger partial charge in [0.1, 0.15) is 6.04 Å². The van der Waals surface area contributed by atoms with Gasteiger partial charge in [0.25, 0.3) is 0 Å². The van der Waals surface area contributed by atoms with Crippen molar-refractivity contribution in [2.24, 2.45) is 0 Å². The van der Waals surface area contributed by atoms with E-state index in [2.05, 4.69) is 35.9 Å². The number of hydrogen-bond acceptors (Lipinski definition) is 2. The number of H-pyrrole nitrogens is 1. The van der Waals surface area contributed by atoms with Crippen LogP contribution in [0.3, 0.4) is 0 Å². The third kappa shape index (κ3) is 2.04. The van der Waals surface area contributed by atoms with Crippen molar-refractivity contribution in [1.29, 1.82) is 5.26 Å². The second kappa shape index (κ2) is 5.03. The number of benzene rings is 1. The van der Waals surface area contributed by atoms with Crippen LogP contribution >= 0.6 is 0 Å². The molecule has 0 amide bonds. The Hall–Kier alpha value is -1.79. The maximum Gasteiger partial charge on any atom is 0.125 e. The molecule has 0 aliphatic heterocycles. The molecule has 0 aliphatic rings. The quantitative estimate of drug-likeness (QED) is 0.872. The fraction of sp³-hybridized carbons (Fsp3) is 0.357. The summed E-state index contributed by atoms with van der Waals surface area (Å²) in [6.07, 6.45) is 1.96. The Balaban J connectivity index is 2.47. The van der Waals surface area contributed by atoms with E-state index in [-0.39, 0.29) is 6.04 Å². The highest BCUT2D eigenvalue weighted by molar-refractivity contribution is 5.83. The van der Waals surface area contributed by atoms with Crippen LogP contribution in [0, 0.1) is 11.3 Å². The number of rotatable bonds is 4. The van der Waals surface area contributed by atoms with Crippen molar-refractivity contribution in [1.82, 2.24) is 9.88 Å². The van der Waals surface area contributed by atoms with Crippen LogP contribution in [0.1, 0.15) is 25.5 Å². The number of nitrogens with one attached hydrogen (secondary N) is 1. The Bertz CT molecular complexity index is 532. The standard InChI is InChI=1S/C14H17N3/c1-3-17(4-2)14(9-15)12-10-16-13-8-6-5-7-11(12)13/h5-8,10,14,16H,3-4H2,1-2H3. The number of aromatic nitrogens is 1. The topological polar surface area (TPSA) is 42.8 Å². The van der Waals surface area contributed by atoms with Gasteiger partial charge in [-0.05, 0) is 19.2 Å². The van der Waals surface area contributed by atoms with Crippen molar-refractivity contribution in [2.75, 3.05) is 13.1 Å². The monoisotopic (exact) mass is 227 g/mol. The Morgan fingerprint density at radius 2 is 2.00 bits per heavy atom. The Kier molecular flexibility index (Phi) is 3.46. The number of aromatic amines is 1. The molecular weight excluding hydrogens is 210 g/mol. The van der Waals surface area contributed by atoms with Gasteiger partial charge >= 0.3 is 0 Å². The molecule has 0 fully saturated rings. The second-order valence-electron chi connectivity index (χ2n) is 4.04. The van der Waals surface area contributed by atoms with E-state index in [1.165, 1.54) is 0 Å². The molecule has 1 N–H and O–H groups in total. The summed E-state index contributed by atoms with van der Waals surface area (Å²) in [7, 11) is 0. The van der Waals surface area contributed by atoms with Gasteiger partial charge in [-0.2, -0.15) is 5.26 Å². The predicted molar refractivity (Wildman–Crippen MR) is 69.6 cm³/mol. The van der Waals surface area contributed by atoms with Crippen molar-refractivity contribution >= 4 is 10.9 Å². The average molecular weight is 227 g/mol. The zero-order chi connectivity index (χ0) is 12.3. The number of nitriles is 1. The van der Waals surface area contributed by atoms with Crippen LogP contribution in [0.15, 0.2) is 30.5 Å². The molecule has 1 unspecified atom stereocenters. The zero-order valence-electron chi connectivity index (χ0n) is 10.3. The minimum absolute atomic E-state index is 0.166. The van der Waals surface area contributed by atoms with Gasteiger partial charge in [-0.15, -0.1) is 0 Å². The van der Waals surface area contributed by atoms with E-state index in [0.29, 0.717) is 0 Å². The van der Waals surface area contributed by atoms with Crippen LogP contribution in [0.2, 0.25) is 0 Å². The summed E-state index contributed by atoms with van der Waals surface area (Å²) < 4.78 is 0. The molecule has 2 rings (SSSR count). The molecule has 0 saturated carbocycles. The first-order valence-electron chi connectivity index (χ1n) is 6.01. The molecule has 1 heterocycles. The molecule has 88 valence electrons. The first-order valence-corrected chi connectivity index (χ1v) is 6.01. The molecule has 1 atom stereocenters. The van der Waals surface area contributed by atoms with Gasteiger partial charge < -0.3 is 4.98 Å². The summed E-state index contributed by atoms with van der Waals surface area (Å²) in [6, 6.07) is 10.4. The highest BCUT2D eigenvalue weighted by Gasteiger charge is 2.20. The van der Waals surface area contributed by atoms with Crippen LogP contribution in [0.25, 0.3) is 10.9 Å². The molecule has 0 saturated heterocycles. The number of hydrogen-bond donors (Lipinski definition) is 1. The van der Waals surface area contributed by atoms with Gasteiger partial charge in [0.15, 0.2) is 0 Å². The number of fused-ring (bicyclic) bond motifs is 1. The Morgan fingerprint density at radius 1 is 1.29 bits per heavy atom. The first-order chi connectivity index (χ1) is 8.31. The molecule has 17 heavy (non-hydrogen) atoms. The maximum absolute atomic E-state index is 9.38. The molecule has 0 spiro atoms. The molecule has 3 nitrogen and oxygen atoms in total. The average Bonchev–Trinajstić information content (AvgIpc) is 2.79. The van der Waals surface area contributed by atoms with Gasteiger partial charge in [-0.3, -0.25) is 4.90 Å². The zero-order valence-corrected chi connectivity index (χ0v) is 10.3. The first kappa shape index (κ1) is 11.7. The van der Waals surface area contributed by atoms with Crippen molar-refractivity contribution in [2.45, 2.75) is 19.9 Å². The SMILES string of the molecule is CCN(CC)C(C#N)c1c[nH]c2ccccc12. The van der Waals surface area contributed by atoms with E-state index in [1.807, 2.05) is 24.4 Å². The fourth-order valence-electron chi connectivity index (χ4n) is 2.26. The van der Waals surface area contributed by atoms with Crippen molar-refractivity contribution < 1.29 is 0 Å². The van der Waals surface area contributed by atoms with Crippen LogP contribution in [0.5, 0.6) is 0 Å². The Labute approximate surface area is 102 Å². The van der Waals surface area contributed by atoms with Gasteiger partial charge in [0, 0.05) is 22.7 Å². The van der Waals surface area contributed by atoms with Crippen molar-refractivity contribution in [3.05, 3.63) is 36.0 Å². The minimum atomic E-state index is -0.166. The summed E-state index contributed by atoms with van der Waals surface area (Å²) in [5.41, 5.74) is 2.17. The lowest BCUT2D eigenvalue weighted by molar-refractivity contribution is 0.263. The van der Waals surface area contributed by atoms with Crippen molar-refractivity contribution in [3.63, 3.8) is 0 Å². The lowest BCUT2D eigenvalue weighted by atomic mass is 10.1. The largest absolute Gasteiger partial charge is 0.361 e. The summed E-state index contributed by atoms with van der Waals surface area (Å²) in [6.45, 7) is 5.94. The highest BCUT2D eigenvalue weighted by Crippen LogP contribution is 2.27. The van der Waals surface area contributed by atoms with E-state index in [9.17, 15) is 5.26 Å². The molecule has 0 aliphatic carbocycles. The van der Waals surface area contributed by atoms with Gasteiger partial charge in [-0.25, -0.2) is 0 Å². The summed E-state index contributed by atoms with van der Waals surface area (Å²) >= 11 is 0. The lowest BCUT2D eigenvalue weighted by Crippen LogP contribution is -2.27. The van der Waals surface area contributed by atoms with E-state index >= 15 is 0 Å². The minimum Gasteiger partial charge on any atom is -0.361 e. The molecular formula is C14H17N3. The van der Waals surface area contributed by atoms with Crippen LogP contribution in [-0.2, 0) is 0 Å². The summed E-state index contributed by atoms with van der Waals surface area (Å²) in [5, 5.41) is 10.5. The van der Waals surface area contributed by atoms with E-state index in [4.69, 9.17) is 0 Å². The molecule has 0 bridgehead atoms. The molecule has 0 radical (unpaired) electrons. The molecule has 3 heteroatoms. The van der Waals surface area contributed by atoms with Gasteiger partial charge in [-0.1, -0.05) is 32.0 Å². The van der Waals surface area contributed by atoms with Crippen LogP contribution in [0.4, 0.5) is 0 Å². The number of nitrogens with zero attached hydrogens (tertiary/aromatic N) is 2. The summed E-state index contributed by atoms with van der Waals surface area (Å²) in [4.78, 5) is 5.39. The van der Waals surface area contributed by atoms with E-state index in [1.54, 1.807) is 0 Å². The Morgan fingerprint density at radius 3 is 2.65 bits per heavy atom. The molecule has 2 aromatic rings. The van der Waals surface area contributed by atoms with Gasteiger partial charge in [0.2, 0.25) is 0 Å². The smallest absolute Gasteiger partial charge is 0.125 e. The normalized spacial score (nSPS) is 12.8. The fourth-order valence-corrected chi connectivity index (χ4v) is 2.26. The van der Waals surface area contributed by atoms with E-state index in [0.717, 1.165) is 29.6 Å². The third-order valence-corrected chi connectivity index (χ3v) is 3.22. The van der Waals surface area contributed by atoms with Crippen LogP contribution < -0.4 is 0 Å². The third-order valence-electron chi connectivity index (χ3n) is 3.22. The number of para-hydroxylation sites is 1. The predicted octanol–water partition coefficient (Wildman–Crippen LogP) is 3.07. The van der Waals surface area contributed by atoms with Gasteiger partial charge in [0.05, 0.1) is 6.07 Å². The molecule has 1 aromatic heterocycles. The molecule has 1 aromatic carbocycles. The van der Waals surface area contributed by atoms with E-state index < -0.39 is 0 Å². The summed E-state index contributed by atoms with van der Waals surface area (Å²) in [5.74, 6) is 0. The van der Waals surface area contributed by atoms with Crippen molar-refractivity contribution in [3.8, 4) is 6.07 Å². The lowest BCUT2D eigenvalue weighted by Gasteiger charge is -2.23. The highest BCUT2D eigenvalue weighted by atomic mass is 15.1. The second-order valence-corrected chi connectivity index (χ2v) is 4.04. The van der Waals surface area contributed by atoms with Crippen LogP contribution in [-0.4, -0.2) is 23.0 Å². The maximum atomic E-state index is 9.38.